The van der Waals surface area contributed by atoms with Crippen LogP contribution >= 0.6 is 0 Å². The van der Waals surface area contributed by atoms with Gasteiger partial charge in [-0.05, 0) is 24.5 Å². The lowest BCUT2D eigenvalue weighted by molar-refractivity contribution is 0.824. The van der Waals surface area contributed by atoms with Gasteiger partial charge in [0.1, 0.15) is 0 Å². The smallest absolute Gasteiger partial charge is 0.0458 e. The van der Waals surface area contributed by atoms with E-state index in [4.69, 9.17) is 0 Å². The van der Waals surface area contributed by atoms with Crippen LogP contribution in [0.1, 0.15) is 25.1 Å². The summed E-state index contributed by atoms with van der Waals surface area (Å²) in [6, 6.07) is 8.53. The summed E-state index contributed by atoms with van der Waals surface area (Å²) >= 11 is 0. The molecule has 2 aromatic rings. The number of aromatic nitrogens is 1. The Kier molecular flexibility index (Phi) is 3.31. The molecule has 0 aliphatic carbocycles. The van der Waals surface area contributed by atoms with E-state index < -0.39 is 0 Å². The molecule has 14 heavy (non-hydrogen) atoms. The monoisotopic (exact) mass is 191 g/mol. The third-order valence-corrected chi connectivity index (χ3v) is 2.61. The van der Waals surface area contributed by atoms with E-state index in [2.05, 4.69) is 43.1 Å². The minimum absolute atomic E-state index is 0. The number of fused-ring (bicyclic) bond motifs is 1. The normalized spacial score (nSPS) is 10.1. The van der Waals surface area contributed by atoms with Crippen molar-refractivity contribution in [3.8, 4) is 0 Å². The number of hydrogen-bond donors (Lipinski definition) is 1. The molecule has 0 radical (unpaired) electrons. The third-order valence-electron chi connectivity index (χ3n) is 2.61. The molecule has 0 aliphatic rings. The Morgan fingerprint density at radius 3 is 2.43 bits per heavy atom. The van der Waals surface area contributed by atoms with Gasteiger partial charge in [-0.1, -0.05) is 32.0 Å². The summed E-state index contributed by atoms with van der Waals surface area (Å²) in [5.74, 6) is 0. The number of aryl methyl sites for hydroxylation is 2. The molecule has 0 aliphatic heterocycles. The lowest BCUT2D eigenvalue weighted by Crippen LogP contribution is -1.86. The summed E-state index contributed by atoms with van der Waals surface area (Å²) < 4.78 is 0. The van der Waals surface area contributed by atoms with Crippen LogP contribution < -0.4 is 0 Å². The molecule has 2 rings (SSSR count). The second-order valence-corrected chi connectivity index (χ2v) is 3.33. The fourth-order valence-corrected chi connectivity index (χ4v) is 1.96. The van der Waals surface area contributed by atoms with Crippen LogP contribution in [0.4, 0.5) is 0 Å². The summed E-state index contributed by atoms with van der Waals surface area (Å²) in [5.41, 5.74) is 4.15. The van der Waals surface area contributed by atoms with E-state index in [1.165, 1.54) is 22.2 Å². The minimum Gasteiger partial charge on any atom is -0.412 e. The molecular formula is C12H17NO. The highest BCUT2D eigenvalue weighted by Gasteiger charge is 2.06. The zero-order valence-corrected chi connectivity index (χ0v) is 8.72. The van der Waals surface area contributed by atoms with E-state index in [0.717, 1.165) is 12.8 Å². The summed E-state index contributed by atoms with van der Waals surface area (Å²) in [7, 11) is 0. The van der Waals surface area contributed by atoms with E-state index in [1.807, 2.05) is 0 Å². The molecule has 2 nitrogen and oxygen atoms in total. The van der Waals surface area contributed by atoms with Gasteiger partial charge in [-0.3, -0.25) is 0 Å². The first kappa shape index (κ1) is 10.8. The third kappa shape index (κ3) is 1.53. The van der Waals surface area contributed by atoms with E-state index in [0.29, 0.717) is 0 Å². The van der Waals surface area contributed by atoms with Crippen molar-refractivity contribution in [2.75, 3.05) is 0 Å². The zero-order valence-electron chi connectivity index (χ0n) is 8.72. The van der Waals surface area contributed by atoms with Crippen molar-refractivity contribution in [2.24, 2.45) is 0 Å². The van der Waals surface area contributed by atoms with Crippen LogP contribution in [0, 0.1) is 0 Å². The molecule has 0 bridgehead atoms. The average Bonchev–Trinajstić information content (AvgIpc) is 2.55. The molecular weight excluding hydrogens is 174 g/mol. The van der Waals surface area contributed by atoms with Crippen molar-refractivity contribution in [1.82, 2.24) is 4.98 Å². The summed E-state index contributed by atoms with van der Waals surface area (Å²) in [4.78, 5) is 3.46. The number of rotatable bonds is 2. The van der Waals surface area contributed by atoms with Gasteiger partial charge in [-0.2, -0.15) is 0 Å². The fraction of sp³-hybridized carbons (Fsp3) is 0.333. The highest BCUT2D eigenvalue weighted by atomic mass is 16.0. The number of benzene rings is 1. The molecule has 0 fully saturated rings. The summed E-state index contributed by atoms with van der Waals surface area (Å²) in [6.07, 6.45) is 2.21. The van der Waals surface area contributed by atoms with Gasteiger partial charge < -0.3 is 10.5 Å². The predicted octanol–water partition coefficient (Wildman–Crippen LogP) is 2.47. The van der Waals surface area contributed by atoms with Crippen molar-refractivity contribution < 1.29 is 5.48 Å². The van der Waals surface area contributed by atoms with E-state index >= 15 is 0 Å². The van der Waals surface area contributed by atoms with Gasteiger partial charge in [0.15, 0.2) is 0 Å². The lowest BCUT2D eigenvalue weighted by Gasteiger charge is -1.96. The number of para-hydroxylation sites is 1. The SMILES string of the molecule is CCc1[nH]c2ccccc2c1CC.O. The molecule has 0 saturated heterocycles. The predicted molar refractivity (Wildman–Crippen MR) is 60.7 cm³/mol. The number of aromatic amines is 1. The molecule has 76 valence electrons. The molecule has 0 saturated carbocycles. The van der Waals surface area contributed by atoms with Gasteiger partial charge >= 0.3 is 0 Å². The molecule has 3 N–H and O–H groups in total. The van der Waals surface area contributed by atoms with Gasteiger partial charge in [0, 0.05) is 16.6 Å². The van der Waals surface area contributed by atoms with Crippen molar-refractivity contribution in [2.45, 2.75) is 26.7 Å². The largest absolute Gasteiger partial charge is 0.412 e. The van der Waals surface area contributed by atoms with Crippen LogP contribution in [0.25, 0.3) is 10.9 Å². The van der Waals surface area contributed by atoms with Crippen LogP contribution in [0.3, 0.4) is 0 Å². The van der Waals surface area contributed by atoms with Crippen LogP contribution in [0.2, 0.25) is 0 Å². The van der Waals surface area contributed by atoms with Crippen LogP contribution in [-0.2, 0) is 12.8 Å². The van der Waals surface area contributed by atoms with Crippen molar-refractivity contribution >= 4 is 10.9 Å². The second-order valence-electron chi connectivity index (χ2n) is 3.33. The maximum atomic E-state index is 3.46. The first-order chi connectivity index (χ1) is 6.36. The van der Waals surface area contributed by atoms with E-state index in [-0.39, 0.29) is 5.48 Å². The summed E-state index contributed by atoms with van der Waals surface area (Å²) in [5, 5.41) is 1.39. The highest BCUT2D eigenvalue weighted by Crippen LogP contribution is 2.22. The van der Waals surface area contributed by atoms with Gasteiger partial charge in [0.2, 0.25) is 0 Å². The van der Waals surface area contributed by atoms with Gasteiger partial charge in [-0.25, -0.2) is 0 Å². The Labute approximate surface area is 84.3 Å². The molecule has 1 aromatic heterocycles. The van der Waals surface area contributed by atoms with Crippen molar-refractivity contribution in [1.29, 1.82) is 0 Å². The topological polar surface area (TPSA) is 47.3 Å². The maximum absolute atomic E-state index is 3.46. The molecule has 0 spiro atoms. The fourth-order valence-electron chi connectivity index (χ4n) is 1.96. The number of hydrogen-bond acceptors (Lipinski definition) is 0. The molecule has 2 heteroatoms. The van der Waals surface area contributed by atoms with E-state index in [1.54, 1.807) is 0 Å². The first-order valence-corrected chi connectivity index (χ1v) is 4.95. The zero-order chi connectivity index (χ0) is 9.26. The van der Waals surface area contributed by atoms with Crippen molar-refractivity contribution in [3.63, 3.8) is 0 Å². The van der Waals surface area contributed by atoms with Crippen LogP contribution in [-0.4, -0.2) is 10.5 Å². The molecule has 0 amide bonds. The lowest BCUT2D eigenvalue weighted by atomic mass is 10.1. The molecule has 1 heterocycles. The first-order valence-electron chi connectivity index (χ1n) is 4.95. The van der Waals surface area contributed by atoms with Gasteiger partial charge in [-0.15, -0.1) is 0 Å². The Morgan fingerprint density at radius 2 is 1.79 bits per heavy atom. The Morgan fingerprint density at radius 1 is 1.07 bits per heavy atom. The minimum atomic E-state index is 0. The summed E-state index contributed by atoms with van der Waals surface area (Å²) in [6.45, 7) is 4.42. The molecule has 0 atom stereocenters. The number of nitrogens with one attached hydrogen (secondary N) is 1. The second kappa shape index (κ2) is 4.29. The van der Waals surface area contributed by atoms with E-state index in [9.17, 15) is 0 Å². The Balaban J connectivity index is 0.000000980. The van der Waals surface area contributed by atoms with Crippen molar-refractivity contribution in [3.05, 3.63) is 35.5 Å². The Bertz CT molecular complexity index is 417. The Hall–Kier alpha value is -1.28. The molecule has 1 aromatic carbocycles. The quantitative estimate of drug-likeness (QED) is 0.758. The molecule has 0 unspecified atom stereocenters. The standard InChI is InChI=1S/C12H15N.H2O/c1-3-9-10-7-5-6-8-12(10)13-11(9)4-2;/h5-8,13H,3-4H2,1-2H3;1H2. The number of H-pyrrole nitrogens is 1. The van der Waals surface area contributed by atoms with Crippen LogP contribution in [0.15, 0.2) is 24.3 Å². The maximum Gasteiger partial charge on any atom is 0.0458 e. The van der Waals surface area contributed by atoms with Gasteiger partial charge in [0.05, 0.1) is 0 Å². The highest BCUT2D eigenvalue weighted by molar-refractivity contribution is 5.84. The average molecular weight is 191 g/mol. The van der Waals surface area contributed by atoms with Crippen LogP contribution in [0.5, 0.6) is 0 Å². The van der Waals surface area contributed by atoms with Gasteiger partial charge in [0.25, 0.3) is 0 Å².